The SMILES string of the molecule is CNC1(C(=O)O)CCCC1CCN1CCC(C)C(OC)C1. The van der Waals surface area contributed by atoms with E-state index in [1.807, 2.05) is 0 Å². The van der Waals surface area contributed by atoms with E-state index in [1.165, 1.54) is 6.42 Å². The van der Waals surface area contributed by atoms with E-state index in [-0.39, 0.29) is 5.92 Å². The highest BCUT2D eigenvalue weighted by Crippen LogP contribution is 2.38. The Morgan fingerprint density at radius 1 is 1.48 bits per heavy atom. The summed E-state index contributed by atoms with van der Waals surface area (Å²) in [7, 11) is 3.58. The Bertz CT molecular complexity index is 363. The van der Waals surface area contributed by atoms with Crippen LogP contribution in [0.15, 0.2) is 0 Å². The Kier molecular flexibility index (Phi) is 5.63. The molecule has 0 amide bonds. The van der Waals surface area contributed by atoms with Gasteiger partial charge in [0.15, 0.2) is 0 Å². The molecular formula is C16H30N2O3. The molecule has 0 spiro atoms. The van der Waals surface area contributed by atoms with Crippen molar-refractivity contribution in [2.45, 2.75) is 50.7 Å². The number of carboxylic acids is 1. The molecule has 122 valence electrons. The number of hydrogen-bond donors (Lipinski definition) is 2. The summed E-state index contributed by atoms with van der Waals surface area (Å²) in [6.45, 7) is 5.31. The Morgan fingerprint density at radius 2 is 2.24 bits per heavy atom. The largest absolute Gasteiger partial charge is 0.480 e. The van der Waals surface area contributed by atoms with Crippen LogP contribution in [0.4, 0.5) is 0 Å². The zero-order valence-corrected chi connectivity index (χ0v) is 13.6. The number of carbonyl (C=O) groups is 1. The third-order valence-corrected chi connectivity index (χ3v) is 5.72. The zero-order valence-electron chi connectivity index (χ0n) is 13.6. The molecule has 1 aliphatic heterocycles. The summed E-state index contributed by atoms with van der Waals surface area (Å²) in [4.78, 5) is 14.1. The van der Waals surface area contributed by atoms with Crippen molar-refractivity contribution in [3.8, 4) is 0 Å². The summed E-state index contributed by atoms with van der Waals surface area (Å²) in [5, 5.41) is 12.7. The second kappa shape index (κ2) is 7.07. The zero-order chi connectivity index (χ0) is 15.5. The number of carboxylic acid groups (broad SMARTS) is 1. The summed E-state index contributed by atoms with van der Waals surface area (Å²) in [5.74, 6) is 0.169. The molecule has 1 saturated carbocycles. The summed E-state index contributed by atoms with van der Waals surface area (Å²) >= 11 is 0. The van der Waals surface area contributed by atoms with Gasteiger partial charge in [0.1, 0.15) is 5.54 Å². The standard InChI is InChI=1S/C16H30N2O3/c1-12-6-9-18(11-14(12)21-3)10-7-13-5-4-8-16(13,17-2)15(19)20/h12-14,17H,4-11H2,1-3H3,(H,19,20). The fraction of sp³-hybridized carbons (Fsp3) is 0.938. The lowest BCUT2D eigenvalue weighted by Crippen LogP contribution is -2.54. The number of nitrogens with zero attached hydrogens (tertiary/aromatic N) is 1. The number of piperidine rings is 1. The Hall–Kier alpha value is -0.650. The molecule has 1 aliphatic carbocycles. The first-order chi connectivity index (χ1) is 10.0. The van der Waals surface area contributed by atoms with Gasteiger partial charge < -0.3 is 20.1 Å². The van der Waals surface area contributed by atoms with Gasteiger partial charge in [0.2, 0.25) is 0 Å². The Balaban J connectivity index is 1.89. The molecule has 0 bridgehead atoms. The van der Waals surface area contributed by atoms with Crippen molar-refractivity contribution in [2.24, 2.45) is 11.8 Å². The maximum atomic E-state index is 11.7. The number of likely N-dealkylation sites (N-methyl/N-ethyl adjacent to an activating group) is 1. The maximum absolute atomic E-state index is 11.7. The Labute approximate surface area is 128 Å². The second-order valence-electron chi connectivity index (χ2n) is 6.75. The quantitative estimate of drug-likeness (QED) is 0.779. The number of ether oxygens (including phenoxy) is 1. The normalized spacial score (nSPS) is 37.8. The summed E-state index contributed by atoms with van der Waals surface area (Å²) in [6, 6.07) is 0. The molecule has 0 aromatic rings. The minimum Gasteiger partial charge on any atom is -0.480 e. The molecule has 2 N–H and O–H groups in total. The van der Waals surface area contributed by atoms with Crippen LogP contribution >= 0.6 is 0 Å². The second-order valence-corrected chi connectivity index (χ2v) is 6.75. The molecule has 2 rings (SSSR count). The van der Waals surface area contributed by atoms with E-state index in [9.17, 15) is 9.90 Å². The van der Waals surface area contributed by atoms with E-state index >= 15 is 0 Å². The molecule has 4 atom stereocenters. The molecular weight excluding hydrogens is 268 g/mol. The average molecular weight is 298 g/mol. The summed E-state index contributed by atoms with van der Waals surface area (Å²) < 4.78 is 5.56. The predicted octanol–water partition coefficient (Wildman–Crippen LogP) is 1.58. The third-order valence-electron chi connectivity index (χ3n) is 5.72. The van der Waals surface area contributed by atoms with Gasteiger partial charge in [-0.1, -0.05) is 13.3 Å². The number of methoxy groups -OCH3 is 1. The number of likely N-dealkylation sites (tertiary alicyclic amines) is 1. The van der Waals surface area contributed by atoms with E-state index in [2.05, 4.69) is 17.1 Å². The van der Waals surface area contributed by atoms with Crippen molar-refractivity contribution in [2.75, 3.05) is 33.8 Å². The van der Waals surface area contributed by atoms with Gasteiger partial charge in [0.05, 0.1) is 6.10 Å². The highest BCUT2D eigenvalue weighted by atomic mass is 16.5. The molecule has 2 aliphatic rings. The van der Waals surface area contributed by atoms with Crippen molar-refractivity contribution in [1.29, 1.82) is 0 Å². The van der Waals surface area contributed by atoms with Crippen LogP contribution < -0.4 is 5.32 Å². The molecule has 0 radical (unpaired) electrons. The fourth-order valence-corrected chi connectivity index (χ4v) is 4.13. The van der Waals surface area contributed by atoms with E-state index in [0.717, 1.165) is 45.3 Å². The molecule has 0 aromatic heterocycles. The van der Waals surface area contributed by atoms with Crippen molar-refractivity contribution in [3.05, 3.63) is 0 Å². The summed E-state index contributed by atoms with van der Waals surface area (Å²) in [6.07, 6.45) is 5.22. The highest BCUT2D eigenvalue weighted by Gasteiger charge is 2.47. The molecule has 0 aromatic carbocycles. The fourth-order valence-electron chi connectivity index (χ4n) is 4.13. The smallest absolute Gasteiger partial charge is 0.324 e. The van der Waals surface area contributed by atoms with Crippen molar-refractivity contribution in [1.82, 2.24) is 10.2 Å². The van der Waals surface area contributed by atoms with E-state index in [0.29, 0.717) is 12.0 Å². The van der Waals surface area contributed by atoms with Crippen LogP contribution in [-0.4, -0.2) is 61.4 Å². The predicted molar refractivity (Wildman–Crippen MR) is 82.4 cm³/mol. The lowest BCUT2D eigenvalue weighted by Gasteiger charge is -2.38. The van der Waals surface area contributed by atoms with Gasteiger partial charge in [-0.25, -0.2) is 0 Å². The molecule has 1 saturated heterocycles. The van der Waals surface area contributed by atoms with Crippen LogP contribution in [0.2, 0.25) is 0 Å². The highest BCUT2D eigenvalue weighted by molar-refractivity contribution is 5.79. The minimum absolute atomic E-state index is 0.236. The van der Waals surface area contributed by atoms with Gasteiger partial charge in [-0.15, -0.1) is 0 Å². The van der Waals surface area contributed by atoms with Crippen LogP contribution in [0.25, 0.3) is 0 Å². The topological polar surface area (TPSA) is 61.8 Å². The van der Waals surface area contributed by atoms with Crippen LogP contribution in [0.1, 0.15) is 39.0 Å². The van der Waals surface area contributed by atoms with E-state index in [4.69, 9.17) is 4.74 Å². The number of aliphatic carboxylic acids is 1. The van der Waals surface area contributed by atoms with Gasteiger partial charge in [-0.3, -0.25) is 4.79 Å². The van der Waals surface area contributed by atoms with Crippen molar-refractivity contribution in [3.63, 3.8) is 0 Å². The lowest BCUT2D eigenvalue weighted by atomic mass is 9.84. The van der Waals surface area contributed by atoms with Gasteiger partial charge in [0.25, 0.3) is 0 Å². The molecule has 5 nitrogen and oxygen atoms in total. The Morgan fingerprint density at radius 3 is 2.86 bits per heavy atom. The van der Waals surface area contributed by atoms with E-state index in [1.54, 1.807) is 14.2 Å². The van der Waals surface area contributed by atoms with Gasteiger partial charge in [-0.2, -0.15) is 0 Å². The van der Waals surface area contributed by atoms with Crippen molar-refractivity contribution >= 4 is 5.97 Å². The monoisotopic (exact) mass is 298 g/mol. The first-order valence-electron chi connectivity index (χ1n) is 8.21. The molecule has 4 unspecified atom stereocenters. The minimum atomic E-state index is -0.705. The average Bonchev–Trinajstić information content (AvgIpc) is 2.90. The molecule has 5 heteroatoms. The first-order valence-corrected chi connectivity index (χ1v) is 8.21. The third kappa shape index (κ3) is 3.41. The lowest BCUT2D eigenvalue weighted by molar-refractivity contribution is -0.146. The van der Waals surface area contributed by atoms with Crippen LogP contribution in [-0.2, 0) is 9.53 Å². The molecule has 2 fully saturated rings. The molecule has 1 heterocycles. The number of hydrogen-bond acceptors (Lipinski definition) is 4. The van der Waals surface area contributed by atoms with Crippen LogP contribution in [0, 0.1) is 11.8 Å². The first kappa shape index (κ1) is 16.7. The number of nitrogens with one attached hydrogen (secondary N) is 1. The summed E-state index contributed by atoms with van der Waals surface area (Å²) in [5.41, 5.74) is -0.705. The van der Waals surface area contributed by atoms with Crippen LogP contribution in [0.5, 0.6) is 0 Å². The van der Waals surface area contributed by atoms with Gasteiger partial charge in [0, 0.05) is 13.7 Å². The van der Waals surface area contributed by atoms with Gasteiger partial charge >= 0.3 is 5.97 Å². The maximum Gasteiger partial charge on any atom is 0.324 e. The number of rotatable bonds is 6. The van der Waals surface area contributed by atoms with Crippen molar-refractivity contribution < 1.29 is 14.6 Å². The van der Waals surface area contributed by atoms with Gasteiger partial charge in [-0.05, 0) is 57.7 Å². The van der Waals surface area contributed by atoms with E-state index < -0.39 is 11.5 Å². The van der Waals surface area contributed by atoms with Crippen LogP contribution in [0.3, 0.4) is 0 Å². The molecule has 21 heavy (non-hydrogen) atoms.